The molecule has 1 aliphatic rings. The van der Waals surface area contributed by atoms with Crippen molar-refractivity contribution in [2.24, 2.45) is 0 Å². The van der Waals surface area contributed by atoms with E-state index >= 15 is 0 Å². The molecule has 0 unspecified atom stereocenters. The summed E-state index contributed by atoms with van der Waals surface area (Å²) in [5.41, 5.74) is 0.524. The molecule has 0 saturated heterocycles. The van der Waals surface area contributed by atoms with Crippen molar-refractivity contribution in [3.63, 3.8) is 0 Å². The zero-order valence-electron chi connectivity index (χ0n) is 16.1. The molecule has 0 bridgehead atoms. The molecule has 6 heteroatoms. The summed E-state index contributed by atoms with van der Waals surface area (Å²) < 4.78 is 22.1. The largest absolute Gasteiger partial charge is 0.497 e. The molecule has 0 aromatic heterocycles. The van der Waals surface area contributed by atoms with Gasteiger partial charge in [-0.1, -0.05) is 6.07 Å². The Bertz CT molecular complexity index is 818. The molecule has 2 aromatic rings. The maximum Gasteiger partial charge on any atom is 0.258 e. The molecule has 0 aliphatic carbocycles. The number of hydrogen-bond donors (Lipinski definition) is 1. The van der Waals surface area contributed by atoms with Gasteiger partial charge >= 0.3 is 0 Å². The number of carbonyl (C=O) groups excluding carboxylic acids is 1. The van der Waals surface area contributed by atoms with Crippen LogP contribution in [0.25, 0.3) is 0 Å². The van der Waals surface area contributed by atoms with Gasteiger partial charge in [-0.2, -0.15) is 0 Å². The third-order valence-electron chi connectivity index (χ3n) is 4.42. The predicted molar refractivity (Wildman–Crippen MR) is 102 cm³/mol. The van der Waals surface area contributed by atoms with Gasteiger partial charge in [-0.3, -0.25) is 4.79 Å². The molecule has 1 heterocycles. The van der Waals surface area contributed by atoms with Crippen LogP contribution >= 0.6 is 0 Å². The van der Waals surface area contributed by atoms with Crippen molar-refractivity contribution in [2.45, 2.75) is 31.9 Å². The molecule has 0 fully saturated rings. The van der Waals surface area contributed by atoms with Crippen LogP contribution < -0.4 is 24.3 Å². The first-order valence-electron chi connectivity index (χ1n) is 8.83. The average Bonchev–Trinajstić information content (AvgIpc) is 2.65. The van der Waals surface area contributed by atoms with Crippen LogP contribution in [0.2, 0.25) is 0 Å². The minimum absolute atomic E-state index is 0.0791. The quantitative estimate of drug-likeness (QED) is 0.842. The lowest BCUT2D eigenvalue weighted by Gasteiger charge is -2.38. The van der Waals surface area contributed by atoms with Crippen LogP contribution in [0.1, 0.15) is 31.9 Å². The summed E-state index contributed by atoms with van der Waals surface area (Å²) >= 11 is 0. The van der Waals surface area contributed by atoms with Crippen molar-refractivity contribution in [1.29, 1.82) is 0 Å². The van der Waals surface area contributed by atoms with E-state index in [0.717, 1.165) is 17.1 Å². The first kappa shape index (κ1) is 18.9. The topological polar surface area (TPSA) is 66.0 Å². The van der Waals surface area contributed by atoms with E-state index in [-0.39, 0.29) is 24.2 Å². The van der Waals surface area contributed by atoms with Crippen molar-refractivity contribution in [3.8, 4) is 23.0 Å². The second kappa shape index (κ2) is 7.78. The molecule has 0 spiro atoms. The van der Waals surface area contributed by atoms with Crippen LogP contribution in [-0.4, -0.2) is 32.3 Å². The zero-order chi connectivity index (χ0) is 19.4. The Kier molecular flexibility index (Phi) is 5.44. The molecule has 0 radical (unpaired) electrons. The third kappa shape index (κ3) is 4.64. The van der Waals surface area contributed by atoms with Gasteiger partial charge in [0.15, 0.2) is 6.61 Å². The molecule has 3 rings (SSSR count). The van der Waals surface area contributed by atoms with Gasteiger partial charge in [-0.15, -0.1) is 0 Å². The third-order valence-corrected chi connectivity index (χ3v) is 4.42. The predicted octanol–water partition coefficient (Wildman–Crippen LogP) is 3.50. The number of amides is 1. The van der Waals surface area contributed by atoms with Gasteiger partial charge in [0, 0.05) is 18.1 Å². The molecule has 6 nitrogen and oxygen atoms in total. The van der Waals surface area contributed by atoms with Gasteiger partial charge in [-0.05, 0) is 44.2 Å². The molecule has 27 heavy (non-hydrogen) atoms. The van der Waals surface area contributed by atoms with Crippen LogP contribution in [0.3, 0.4) is 0 Å². The van der Waals surface area contributed by atoms with Crippen LogP contribution in [0.5, 0.6) is 23.0 Å². The van der Waals surface area contributed by atoms with Crippen LogP contribution in [-0.2, 0) is 4.79 Å². The van der Waals surface area contributed by atoms with E-state index in [4.69, 9.17) is 18.9 Å². The minimum atomic E-state index is -0.382. The first-order valence-corrected chi connectivity index (χ1v) is 8.83. The van der Waals surface area contributed by atoms with Gasteiger partial charge in [-0.25, -0.2) is 0 Å². The molecule has 144 valence electrons. The molecular formula is C21H25NO5. The van der Waals surface area contributed by atoms with Crippen molar-refractivity contribution in [1.82, 2.24) is 5.32 Å². The molecule has 1 amide bonds. The Labute approximate surface area is 159 Å². The van der Waals surface area contributed by atoms with Crippen LogP contribution in [0, 0.1) is 0 Å². The van der Waals surface area contributed by atoms with E-state index in [0.29, 0.717) is 17.9 Å². The number of fused-ring (bicyclic) bond motifs is 1. The molecule has 2 aromatic carbocycles. The highest BCUT2D eigenvalue weighted by Crippen LogP contribution is 2.41. The van der Waals surface area contributed by atoms with Gasteiger partial charge in [0.25, 0.3) is 5.91 Å². The highest BCUT2D eigenvalue weighted by molar-refractivity contribution is 5.78. The maximum atomic E-state index is 12.5. The Balaban J connectivity index is 1.69. The van der Waals surface area contributed by atoms with E-state index < -0.39 is 0 Å². The Morgan fingerprint density at radius 1 is 1.11 bits per heavy atom. The average molecular weight is 371 g/mol. The lowest BCUT2D eigenvalue weighted by Crippen LogP contribution is -2.42. The minimum Gasteiger partial charge on any atom is -0.497 e. The number of rotatable bonds is 6. The Morgan fingerprint density at radius 2 is 1.81 bits per heavy atom. The van der Waals surface area contributed by atoms with Gasteiger partial charge < -0.3 is 24.3 Å². The number of methoxy groups -OCH3 is 2. The van der Waals surface area contributed by atoms with Gasteiger partial charge in [0.2, 0.25) is 0 Å². The van der Waals surface area contributed by atoms with Crippen molar-refractivity contribution in [3.05, 3.63) is 48.0 Å². The highest BCUT2D eigenvalue weighted by atomic mass is 16.5. The lowest BCUT2D eigenvalue weighted by atomic mass is 9.89. The summed E-state index contributed by atoms with van der Waals surface area (Å²) in [4.78, 5) is 12.5. The van der Waals surface area contributed by atoms with E-state index in [9.17, 15) is 4.79 Å². The highest BCUT2D eigenvalue weighted by Gasteiger charge is 2.34. The second-order valence-electron chi connectivity index (χ2n) is 7.06. The molecule has 0 saturated carbocycles. The lowest BCUT2D eigenvalue weighted by molar-refractivity contribution is -0.124. The number of ether oxygens (including phenoxy) is 4. The van der Waals surface area contributed by atoms with Crippen molar-refractivity contribution in [2.75, 3.05) is 20.8 Å². The fraction of sp³-hybridized carbons (Fsp3) is 0.381. The van der Waals surface area contributed by atoms with Gasteiger partial charge in [0.05, 0.1) is 20.3 Å². The van der Waals surface area contributed by atoms with E-state index in [1.165, 1.54) is 0 Å². The first-order chi connectivity index (χ1) is 12.9. The van der Waals surface area contributed by atoms with E-state index in [1.54, 1.807) is 26.4 Å². The fourth-order valence-corrected chi connectivity index (χ4v) is 3.16. The normalized spacial score (nSPS) is 17.3. The summed E-state index contributed by atoms with van der Waals surface area (Å²) in [6.07, 6.45) is 0.651. The van der Waals surface area contributed by atoms with Crippen molar-refractivity contribution < 1.29 is 23.7 Å². The number of hydrogen-bond acceptors (Lipinski definition) is 5. The molecule has 1 N–H and O–H groups in total. The monoisotopic (exact) mass is 371 g/mol. The number of carbonyl (C=O) groups is 1. The summed E-state index contributed by atoms with van der Waals surface area (Å²) in [7, 11) is 3.20. The molecule has 1 aliphatic heterocycles. The molecule has 1 atom stereocenters. The molecular weight excluding hydrogens is 346 g/mol. The van der Waals surface area contributed by atoms with Crippen molar-refractivity contribution >= 4 is 5.91 Å². The summed E-state index contributed by atoms with van der Waals surface area (Å²) in [5, 5.41) is 3.05. The standard InChI is InChI=1S/C21H25NO5/c1-21(2)12-18(17-11-15(25-4)8-9-19(17)27-21)22-20(23)13-26-16-7-5-6-14(10-16)24-3/h5-11,18H,12-13H2,1-4H3,(H,22,23)/t18-/m0/s1. The van der Waals surface area contributed by atoms with E-state index in [2.05, 4.69) is 5.32 Å². The maximum absolute atomic E-state index is 12.5. The number of nitrogens with one attached hydrogen (secondary N) is 1. The van der Waals surface area contributed by atoms with Crippen LogP contribution in [0.15, 0.2) is 42.5 Å². The summed E-state index contributed by atoms with van der Waals surface area (Å²) in [6, 6.07) is 12.6. The van der Waals surface area contributed by atoms with E-state index in [1.807, 2.05) is 44.2 Å². The van der Waals surface area contributed by atoms with Gasteiger partial charge in [0.1, 0.15) is 28.6 Å². The van der Waals surface area contributed by atoms with Crippen LogP contribution in [0.4, 0.5) is 0 Å². The Morgan fingerprint density at radius 3 is 2.56 bits per heavy atom. The second-order valence-corrected chi connectivity index (χ2v) is 7.06. The SMILES string of the molecule is COc1cccc(OCC(=O)N[C@H]2CC(C)(C)Oc3ccc(OC)cc32)c1. The summed E-state index contributed by atoms with van der Waals surface area (Å²) in [6.45, 7) is 3.93. The Hall–Kier alpha value is -2.89. The number of benzene rings is 2. The smallest absolute Gasteiger partial charge is 0.258 e. The fourth-order valence-electron chi connectivity index (χ4n) is 3.16. The zero-order valence-corrected chi connectivity index (χ0v) is 16.1. The summed E-state index contributed by atoms with van der Waals surface area (Å²) in [5.74, 6) is 2.54.